The van der Waals surface area contributed by atoms with Crippen LogP contribution in [0.25, 0.3) is 0 Å². The van der Waals surface area contributed by atoms with E-state index < -0.39 is 0 Å². The maximum atomic E-state index is 11.9. The minimum atomic E-state index is -0.156. The molecule has 17 heavy (non-hydrogen) atoms. The molecule has 0 saturated carbocycles. The molecule has 0 atom stereocenters. The van der Waals surface area contributed by atoms with E-state index >= 15 is 0 Å². The molecule has 90 valence electrons. The second-order valence-corrected chi connectivity index (χ2v) is 3.98. The van der Waals surface area contributed by atoms with Crippen LogP contribution in [-0.2, 0) is 6.42 Å². The summed E-state index contributed by atoms with van der Waals surface area (Å²) < 4.78 is 2.92. The number of carbonyl (C=O) groups is 1. The van der Waals surface area contributed by atoms with Gasteiger partial charge in [0.1, 0.15) is 12.7 Å². The smallest absolute Gasteiger partial charge is 0.257 e. The molecule has 5 heteroatoms. The Morgan fingerprint density at radius 3 is 2.88 bits per heavy atom. The minimum absolute atomic E-state index is 0.156. The molecule has 2 aromatic heterocycles. The fourth-order valence-electron chi connectivity index (χ4n) is 1.66. The number of hydrogen-bond acceptors (Lipinski definition) is 3. The van der Waals surface area contributed by atoms with Crippen molar-refractivity contribution in [3.05, 3.63) is 36.9 Å². The summed E-state index contributed by atoms with van der Waals surface area (Å²) >= 11 is 0. The Kier molecular flexibility index (Phi) is 3.69. The fourth-order valence-corrected chi connectivity index (χ4v) is 1.66. The summed E-state index contributed by atoms with van der Waals surface area (Å²) in [4.78, 5) is 20.0. The molecule has 0 radical (unpaired) electrons. The largest absolute Gasteiger partial charge is 0.338 e. The molecule has 0 bridgehead atoms. The molecule has 0 amide bonds. The van der Waals surface area contributed by atoms with Crippen molar-refractivity contribution < 1.29 is 4.79 Å². The predicted octanol–water partition coefficient (Wildman–Crippen LogP) is 2.33. The number of rotatable bonds is 4. The van der Waals surface area contributed by atoms with Crippen molar-refractivity contribution in [3.8, 4) is 0 Å². The van der Waals surface area contributed by atoms with Gasteiger partial charge in [-0.2, -0.15) is 0 Å². The van der Waals surface area contributed by atoms with E-state index in [-0.39, 0.29) is 6.03 Å². The highest BCUT2D eigenvalue weighted by Gasteiger charge is 2.07. The molecule has 2 rings (SSSR count). The van der Waals surface area contributed by atoms with Gasteiger partial charge in [-0.1, -0.05) is 19.8 Å². The van der Waals surface area contributed by atoms with Crippen molar-refractivity contribution >= 4 is 6.03 Å². The zero-order valence-corrected chi connectivity index (χ0v) is 9.91. The van der Waals surface area contributed by atoms with Gasteiger partial charge in [-0.05, 0) is 12.8 Å². The maximum absolute atomic E-state index is 11.9. The van der Waals surface area contributed by atoms with Gasteiger partial charge in [0.2, 0.25) is 0 Å². The Morgan fingerprint density at radius 2 is 2.18 bits per heavy atom. The second kappa shape index (κ2) is 5.43. The van der Waals surface area contributed by atoms with Crippen molar-refractivity contribution in [2.75, 3.05) is 0 Å². The minimum Gasteiger partial charge on any atom is -0.257 e. The van der Waals surface area contributed by atoms with Gasteiger partial charge in [0.25, 0.3) is 0 Å². The summed E-state index contributed by atoms with van der Waals surface area (Å²) in [6.45, 7) is 2.17. The van der Waals surface area contributed by atoms with Crippen LogP contribution in [0, 0.1) is 0 Å². The van der Waals surface area contributed by atoms with Crippen LogP contribution in [0.3, 0.4) is 0 Å². The molecule has 5 nitrogen and oxygen atoms in total. The van der Waals surface area contributed by atoms with Gasteiger partial charge >= 0.3 is 6.03 Å². The van der Waals surface area contributed by atoms with Gasteiger partial charge in [0.15, 0.2) is 0 Å². The van der Waals surface area contributed by atoms with Crippen LogP contribution in [0.15, 0.2) is 31.2 Å². The van der Waals surface area contributed by atoms with Crippen molar-refractivity contribution in [1.29, 1.82) is 0 Å². The number of hydrogen-bond donors (Lipinski definition) is 0. The van der Waals surface area contributed by atoms with Crippen LogP contribution in [-0.4, -0.2) is 25.1 Å². The molecular weight excluding hydrogens is 216 g/mol. The lowest BCUT2D eigenvalue weighted by Gasteiger charge is -1.99. The summed E-state index contributed by atoms with van der Waals surface area (Å²) in [6.07, 6.45) is 12.5. The highest BCUT2D eigenvalue weighted by Crippen LogP contribution is 2.05. The first-order chi connectivity index (χ1) is 8.31. The van der Waals surface area contributed by atoms with E-state index in [1.807, 2.05) is 0 Å². The van der Waals surface area contributed by atoms with Crippen molar-refractivity contribution in [2.24, 2.45) is 0 Å². The maximum Gasteiger partial charge on any atom is 0.338 e. The van der Waals surface area contributed by atoms with E-state index in [1.54, 1.807) is 24.9 Å². The Bertz CT molecular complexity index is 472. The first-order valence-electron chi connectivity index (χ1n) is 5.87. The molecule has 2 aromatic rings. The van der Waals surface area contributed by atoms with Gasteiger partial charge < -0.3 is 0 Å². The van der Waals surface area contributed by atoms with E-state index in [1.165, 1.54) is 28.3 Å². The summed E-state index contributed by atoms with van der Waals surface area (Å²) in [6, 6.07) is -0.156. The average Bonchev–Trinajstić information content (AvgIpc) is 3.00. The lowest BCUT2D eigenvalue weighted by molar-refractivity contribution is 0.244. The third kappa shape index (κ3) is 2.81. The van der Waals surface area contributed by atoms with Gasteiger partial charge in [-0.25, -0.2) is 14.8 Å². The van der Waals surface area contributed by atoms with Crippen molar-refractivity contribution in [3.63, 3.8) is 0 Å². The topological polar surface area (TPSA) is 52.7 Å². The Labute approximate surface area is 100 Å². The molecule has 0 aliphatic rings. The summed E-state index contributed by atoms with van der Waals surface area (Å²) in [5.74, 6) is 0. The summed E-state index contributed by atoms with van der Waals surface area (Å²) in [5.41, 5.74) is 0.965. The van der Waals surface area contributed by atoms with E-state index in [0.717, 1.165) is 18.5 Å². The number of unbranched alkanes of at least 4 members (excludes halogenated alkanes) is 2. The van der Waals surface area contributed by atoms with Gasteiger partial charge in [0, 0.05) is 18.6 Å². The molecule has 0 N–H and O–H groups in total. The molecule has 0 fully saturated rings. The van der Waals surface area contributed by atoms with E-state index in [9.17, 15) is 4.79 Å². The molecular formula is C12H16N4O. The first kappa shape index (κ1) is 11.6. The highest BCUT2D eigenvalue weighted by molar-refractivity contribution is 5.78. The van der Waals surface area contributed by atoms with Crippen LogP contribution in [0.5, 0.6) is 0 Å². The second-order valence-electron chi connectivity index (χ2n) is 3.98. The van der Waals surface area contributed by atoms with Crippen LogP contribution < -0.4 is 0 Å². The molecule has 0 aliphatic heterocycles. The van der Waals surface area contributed by atoms with Crippen molar-refractivity contribution in [2.45, 2.75) is 32.6 Å². The zero-order chi connectivity index (χ0) is 12.1. The molecule has 0 spiro atoms. The molecule has 0 aliphatic carbocycles. The fraction of sp³-hybridized carbons (Fsp3) is 0.417. The van der Waals surface area contributed by atoms with E-state index in [0.29, 0.717) is 0 Å². The van der Waals surface area contributed by atoms with Crippen LogP contribution in [0.1, 0.15) is 31.9 Å². The van der Waals surface area contributed by atoms with Gasteiger partial charge in [-0.15, -0.1) is 0 Å². The molecule has 2 heterocycles. The quantitative estimate of drug-likeness (QED) is 0.760. The van der Waals surface area contributed by atoms with E-state index in [2.05, 4.69) is 16.9 Å². The molecule has 0 unspecified atom stereocenters. The lowest BCUT2D eigenvalue weighted by atomic mass is 10.2. The number of imidazole rings is 2. The highest BCUT2D eigenvalue weighted by atomic mass is 16.2. The first-order valence-corrected chi connectivity index (χ1v) is 5.87. The predicted molar refractivity (Wildman–Crippen MR) is 63.9 cm³/mol. The third-order valence-corrected chi connectivity index (χ3v) is 2.62. The Hall–Kier alpha value is -1.91. The normalized spacial score (nSPS) is 10.6. The van der Waals surface area contributed by atoms with Crippen LogP contribution in [0.2, 0.25) is 0 Å². The lowest BCUT2D eigenvalue weighted by Crippen LogP contribution is -2.15. The summed E-state index contributed by atoms with van der Waals surface area (Å²) in [7, 11) is 0. The number of nitrogens with zero attached hydrogens (tertiary/aromatic N) is 4. The Balaban J connectivity index is 2.00. The summed E-state index contributed by atoms with van der Waals surface area (Å²) in [5, 5.41) is 0. The zero-order valence-electron chi connectivity index (χ0n) is 9.91. The van der Waals surface area contributed by atoms with Gasteiger partial charge in [0.05, 0.1) is 5.69 Å². The number of carbonyl (C=O) groups excluding carboxylic acids is 1. The van der Waals surface area contributed by atoms with E-state index in [4.69, 9.17) is 0 Å². The SMILES string of the molecule is CCCCCc1cn(C(=O)n2ccnc2)cn1. The molecule has 0 saturated heterocycles. The number of aromatic nitrogens is 4. The molecule has 0 aromatic carbocycles. The van der Waals surface area contributed by atoms with Gasteiger partial charge in [-0.3, -0.25) is 9.13 Å². The number of aryl methyl sites for hydroxylation is 1. The monoisotopic (exact) mass is 232 g/mol. The third-order valence-electron chi connectivity index (χ3n) is 2.62. The Morgan fingerprint density at radius 1 is 1.29 bits per heavy atom. The van der Waals surface area contributed by atoms with Crippen LogP contribution >= 0.6 is 0 Å². The van der Waals surface area contributed by atoms with Crippen LogP contribution in [0.4, 0.5) is 4.79 Å². The van der Waals surface area contributed by atoms with Crippen molar-refractivity contribution in [1.82, 2.24) is 19.1 Å². The average molecular weight is 232 g/mol. The standard InChI is InChI=1S/C12H16N4O/c1-2-3-4-5-11-8-16(10-14-11)12(17)15-7-6-13-9-15/h6-10H,2-5H2,1H3.